The molecule has 0 spiro atoms. The smallest absolute Gasteiger partial charge is 0.0331 e. The fourth-order valence-electron chi connectivity index (χ4n) is 3.15. The maximum atomic E-state index is 3.87. The molecular formula is C20H21Br. The lowest BCUT2D eigenvalue weighted by atomic mass is 9.93. The molecule has 0 aromatic heterocycles. The Morgan fingerprint density at radius 3 is 2.67 bits per heavy atom. The van der Waals surface area contributed by atoms with E-state index in [4.69, 9.17) is 0 Å². The van der Waals surface area contributed by atoms with E-state index in [1.54, 1.807) is 0 Å². The lowest BCUT2D eigenvalue weighted by molar-refractivity contribution is 0.796. The Kier molecular flexibility index (Phi) is 4.30. The van der Waals surface area contributed by atoms with Gasteiger partial charge in [0.25, 0.3) is 0 Å². The first-order chi connectivity index (χ1) is 10.2. The largest absolute Gasteiger partial charge is 0.0765 e. The molecule has 0 radical (unpaired) electrons. The average Bonchev–Trinajstić information content (AvgIpc) is 2.88. The van der Waals surface area contributed by atoms with Crippen LogP contribution in [-0.2, 0) is 12.8 Å². The van der Waals surface area contributed by atoms with Crippen molar-refractivity contribution in [3.05, 3.63) is 63.6 Å². The van der Waals surface area contributed by atoms with Gasteiger partial charge >= 0.3 is 0 Å². The molecule has 0 atom stereocenters. The summed E-state index contributed by atoms with van der Waals surface area (Å²) in [6, 6.07) is 13.4. The van der Waals surface area contributed by atoms with Crippen molar-refractivity contribution in [1.82, 2.24) is 0 Å². The molecule has 21 heavy (non-hydrogen) atoms. The summed E-state index contributed by atoms with van der Waals surface area (Å²) in [6.45, 7) is 4.46. The monoisotopic (exact) mass is 340 g/mol. The zero-order valence-electron chi connectivity index (χ0n) is 12.7. The average molecular weight is 341 g/mol. The summed E-state index contributed by atoms with van der Waals surface area (Å²) < 4.78 is 1.26. The summed E-state index contributed by atoms with van der Waals surface area (Å²) in [5, 5.41) is 0. The molecule has 0 unspecified atom stereocenters. The molecule has 0 N–H and O–H groups in total. The van der Waals surface area contributed by atoms with E-state index in [2.05, 4.69) is 72.3 Å². The van der Waals surface area contributed by atoms with Crippen LogP contribution in [-0.4, -0.2) is 0 Å². The third-order valence-electron chi connectivity index (χ3n) is 4.36. The van der Waals surface area contributed by atoms with Gasteiger partial charge in [-0.2, -0.15) is 0 Å². The summed E-state index contributed by atoms with van der Waals surface area (Å²) in [7, 11) is 0. The Morgan fingerprint density at radius 2 is 1.86 bits per heavy atom. The second kappa shape index (κ2) is 6.19. The minimum Gasteiger partial charge on any atom is -0.0765 e. The Morgan fingerprint density at radius 1 is 1.05 bits per heavy atom. The van der Waals surface area contributed by atoms with Crippen LogP contribution >= 0.6 is 15.9 Å². The second-order valence-corrected chi connectivity index (χ2v) is 6.61. The standard InChI is InChI=1S/C20H21Br/c1-3-4-7-15-8-5-6-9-17(15)18-13-12-16-11-10-14(2)19(16)20(18)21/h5-6,8-10,12-13H,3-4,7,11H2,1-2H3. The first-order valence-electron chi connectivity index (χ1n) is 7.79. The number of benzene rings is 2. The van der Waals surface area contributed by atoms with Gasteiger partial charge in [0.1, 0.15) is 0 Å². The Balaban J connectivity index is 2.10. The molecule has 1 aliphatic rings. The third-order valence-corrected chi connectivity index (χ3v) is 5.18. The van der Waals surface area contributed by atoms with E-state index in [1.165, 1.54) is 50.7 Å². The molecule has 0 bridgehead atoms. The van der Waals surface area contributed by atoms with Crippen LogP contribution in [0.25, 0.3) is 16.7 Å². The van der Waals surface area contributed by atoms with Gasteiger partial charge in [-0.1, -0.05) is 55.8 Å². The second-order valence-electron chi connectivity index (χ2n) is 5.81. The van der Waals surface area contributed by atoms with Crippen molar-refractivity contribution in [1.29, 1.82) is 0 Å². The van der Waals surface area contributed by atoms with Crippen LogP contribution in [0.1, 0.15) is 43.4 Å². The van der Waals surface area contributed by atoms with Crippen molar-refractivity contribution in [2.24, 2.45) is 0 Å². The number of unbranched alkanes of at least 4 members (excludes halogenated alkanes) is 1. The lowest BCUT2D eigenvalue weighted by Gasteiger charge is -2.15. The van der Waals surface area contributed by atoms with E-state index < -0.39 is 0 Å². The first kappa shape index (κ1) is 14.6. The number of aryl methyl sites for hydroxylation is 1. The summed E-state index contributed by atoms with van der Waals surface area (Å²) in [5.41, 5.74) is 8.40. The predicted molar refractivity (Wildman–Crippen MR) is 95.5 cm³/mol. The van der Waals surface area contributed by atoms with Gasteiger partial charge < -0.3 is 0 Å². The quantitative estimate of drug-likeness (QED) is 0.602. The number of fused-ring (bicyclic) bond motifs is 1. The van der Waals surface area contributed by atoms with Crippen LogP contribution in [0.5, 0.6) is 0 Å². The predicted octanol–water partition coefficient (Wildman–Crippen LogP) is 6.42. The highest BCUT2D eigenvalue weighted by Gasteiger charge is 2.18. The molecule has 0 saturated carbocycles. The zero-order valence-corrected chi connectivity index (χ0v) is 14.3. The van der Waals surface area contributed by atoms with E-state index in [9.17, 15) is 0 Å². The highest BCUT2D eigenvalue weighted by molar-refractivity contribution is 9.10. The van der Waals surface area contributed by atoms with Crippen LogP contribution < -0.4 is 0 Å². The van der Waals surface area contributed by atoms with Crippen LogP contribution in [0.15, 0.2) is 46.9 Å². The maximum Gasteiger partial charge on any atom is 0.0331 e. The van der Waals surface area contributed by atoms with Crippen molar-refractivity contribution < 1.29 is 0 Å². The number of allylic oxidation sites excluding steroid dienone is 2. The van der Waals surface area contributed by atoms with Crippen molar-refractivity contribution in [2.45, 2.75) is 39.5 Å². The topological polar surface area (TPSA) is 0 Å². The Bertz CT molecular complexity index is 695. The van der Waals surface area contributed by atoms with Crippen molar-refractivity contribution in [3.63, 3.8) is 0 Å². The van der Waals surface area contributed by atoms with Crippen molar-refractivity contribution in [3.8, 4) is 11.1 Å². The molecule has 2 aromatic rings. The summed E-state index contributed by atoms with van der Waals surface area (Å²) in [6.07, 6.45) is 7.03. The van der Waals surface area contributed by atoms with Crippen molar-refractivity contribution >= 4 is 21.5 Å². The SMILES string of the molecule is CCCCc1ccccc1-c1ccc2c(c1Br)C(C)=CC2. The summed E-state index contributed by atoms with van der Waals surface area (Å²) in [5.74, 6) is 0. The molecule has 2 aromatic carbocycles. The molecule has 1 heteroatoms. The molecular weight excluding hydrogens is 320 g/mol. The fraction of sp³-hybridized carbons (Fsp3) is 0.300. The summed E-state index contributed by atoms with van der Waals surface area (Å²) >= 11 is 3.87. The van der Waals surface area contributed by atoms with Gasteiger partial charge in [-0.05, 0) is 75.5 Å². The van der Waals surface area contributed by atoms with Crippen LogP contribution in [0, 0.1) is 0 Å². The minimum atomic E-state index is 1.07. The third kappa shape index (κ3) is 2.72. The van der Waals surface area contributed by atoms with E-state index in [-0.39, 0.29) is 0 Å². The molecule has 0 amide bonds. The van der Waals surface area contributed by atoms with E-state index >= 15 is 0 Å². The highest BCUT2D eigenvalue weighted by atomic mass is 79.9. The molecule has 0 aliphatic heterocycles. The van der Waals surface area contributed by atoms with Crippen LogP contribution in [0.4, 0.5) is 0 Å². The minimum absolute atomic E-state index is 1.07. The molecule has 3 rings (SSSR count). The van der Waals surface area contributed by atoms with Gasteiger partial charge in [0.05, 0.1) is 0 Å². The van der Waals surface area contributed by atoms with Gasteiger partial charge in [0.2, 0.25) is 0 Å². The molecule has 108 valence electrons. The fourth-order valence-corrected chi connectivity index (χ4v) is 4.07. The van der Waals surface area contributed by atoms with Gasteiger partial charge in [-0.3, -0.25) is 0 Å². The molecule has 0 heterocycles. The van der Waals surface area contributed by atoms with E-state index in [0.717, 1.165) is 12.8 Å². The zero-order chi connectivity index (χ0) is 14.8. The maximum absolute atomic E-state index is 3.87. The first-order valence-corrected chi connectivity index (χ1v) is 8.58. The molecule has 1 aliphatic carbocycles. The van der Waals surface area contributed by atoms with Gasteiger partial charge in [0.15, 0.2) is 0 Å². The molecule has 0 fully saturated rings. The Labute approximate surface area is 136 Å². The number of hydrogen-bond acceptors (Lipinski definition) is 0. The lowest BCUT2D eigenvalue weighted by Crippen LogP contribution is -1.94. The molecule has 0 nitrogen and oxygen atoms in total. The van der Waals surface area contributed by atoms with Gasteiger partial charge in [-0.25, -0.2) is 0 Å². The number of halogens is 1. The number of rotatable bonds is 4. The van der Waals surface area contributed by atoms with Gasteiger partial charge in [0, 0.05) is 4.47 Å². The normalized spacial score (nSPS) is 13.2. The summed E-state index contributed by atoms with van der Waals surface area (Å²) in [4.78, 5) is 0. The van der Waals surface area contributed by atoms with Crippen molar-refractivity contribution in [2.75, 3.05) is 0 Å². The highest BCUT2D eigenvalue weighted by Crippen LogP contribution is 2.40. The van der Waals surface area contributed by atoms with E-state index in [0.29, 0.717) is 0 Å². The Hall–Kier alpha value is -1.34. The van der Waals surface area contributed by atoms with Gasteiger partial charge in [-0.15, -0.1) is 0 Å². The van der Waals surface area contributed by atoms with Crippen LogP contribution in [0.2, 0.25) is 0 Å². The van der Waals surface area contributed by atoms with Crippen LogP contribution in [0.3, 0.4) is 0 Å². The van der Waals surface area contributed by atoms with E-state index in [1.807, 2.05) is 0 Å². The molecule has 0 saturated heterocycles. The number of hydrogen-bond donors (Lipinski definition) is 0.